The van der Waals surface area contributed by atoms with Gasteiger partial charge in [0.2, 0.25) is 0 Å². The van der Waals surface area contributed by atoms with E-state index in [0.29, 0.717) is 23.3 Å². The van der Waals surface area contributed by atoms with Gasteiger partial charge in [0, 0.05) is 18.0 Å². The van der Waals surface area contributed by atoms with Crippen molar-refractivity contribution in [3.63, 3.8) is 0 Å². The van der Waals surface area contributed by atoms with Crippen LogP contribution in [0.5, 0.6) is 5.75 Å². The lowest BCUT2D eigenvalue weighted by Crippen LogP contribution is -2.44. The van der Waals surface area contributed by atoms with Crippen LogP contribution in [0.25, 0.3) is 11.0 Å². The Bertz CT molecular complexity index is 780. The smallest absolute Gasteiger partial charge is 0.349 e. The van der Waals surface area contributed by atoms with E-state index in [-0.39, 0.29) is 17.5 Å². The summed E-state index contributed by atoms with van der Waals surface area (Å²) in [6.45, 7) is 2.77. The van der Waals surface area contributed by atoms with Crippen LogP contribution in [0.2, 0.25) is 0 Å². The predicted octanol–water partition coefficient (Wildman–Crippen LogP) is 3.21. The number of methoxy groups -OCH3 is 1. The van der Waals surface area contributed by atoms with Crippen LogP contribution in [-0.2, 0) is 0 Å². The van der Waals surface area contributed by atoms with Gasteiger partial charge in [-0.2, -0.15) is 0 Å². The Morgan fingerprint density at radius 2 is 2.17 bits per heavy atom. The van der Waals surface area contributed by atoms with Gasteiger partial charge in [0.1, 0.15) is 16.9 Å². The summed E-state index contributed by atoms with van der Waals surface area (Å²) in [5, 5.41) is 0.692. The van der Waals surface area contributed by atoms with Crippen LogP contribution in [-0.4, -0.2) is 30.5 Å². The molecule has 2 aromatic rings. The van der Waals surface area contributed by atoms with Crippen molar-refractivity contribution < 1.29 is 13.9 Å². The normalized spacial score (nSPS) is 18.2. The third-order valence-corrected chi connectivity index (χ3v) is 4.53. The molecule has 1 saturated heterocycles. The molecule has 1 fully saturated rings. The molecule has 0 spiro atoms. The minimum atomic E-state index is -0.576. The lowest BCUT2D eigenvalue weighted by atomic mass is 9.99. The summed E-state index contributed by atoms with van der Waals surface area (Å²) in [6, 6.07) is 7.00. The second kappa shape index (κ2) is 6.44. The quantitative estimate of drug-likeness (QED) is 0.816. The molecule has 5 heteroatoms. The van der Waals surface area contributed by atoms with Gasteiger partial charge in [-0.1, -0.05) is 6.92 Å². The van der Waals surface area contributed by atoms with Gasteiger partial charge in [0.25, 0.3) is 5.91 Å². The zero-order chi connectivity index (χ0) is 16.4. The van der Waals surface area contributed by atoms with Gasteiger partial charge < -0.3 is 14.1 Å². The summed E-state index contributed by atoms with van der Waals surface area (Å²) in [5.74, 6) is 0.434. The number of hydrogen-bond donors (Lipinski definition) is 0. The largest absolute Gasteiger partial charge is 0.497 e. The molecule has 1 unspecified atom stereocenters. The van der Waals surface area contributed by atoms with Gasteiger partial charge in [0.15, 0.2) is 0 Å². The first-order chi connectivity index (χ1) is 11.1. The van der Waals surface area contributed by atoms with E-state index in [9.17, 15) is 9.59 Å². The molecule has 1 amide bonds. The van der Waals surface area contributed by atoms with E-state index in [2.05, 4.69) is 6.92 Å². The van der Waals surface area contributed by atoms with Crippen molar-refractivity contribution in [3.8, 4) is 5.75 Å². The first-order valence-electron chi connectivity index (χ1n) is 8.07. The van der Waals surface area contributed by atoms with Crippen LogP contribution in [0, 0.1) is 0 Å². The SMILES string of the molecule is CCC1CCCCN1C(=O)c1cc2cc(OC)ccc2oc1=O. The van der Waals surface area contributed by atoms with Gasteiger partial charge in [-0.25, -0.2) is 4.79 Å². The second-order valence-electron chi connectivity index (χ2n) is 5.91. The number of benzene rings is 1. The molecule has 0 N–H and O–H groups in total. The molecule has 23 heavy (non-hydrogen) atoms. The Labute approximate surface area is 134 Å². The van der Waals surface area contributed by atoms with Crippen molar-refractivity contribution in [1.29, 1.82) is 0 Å². The van der Waals surface area contributed by atoms with E-state index in [1.807, 2.05) is 4.90 Å². The van der Waals surface area contributed by atoms with Crippen molar-refractivity contribution in [2.24, 2.45) is 0 Å². The van der Waals surface area contributed by atoms with Gasteiger partial charge >= 0.3 is 5.63 Å². The molecular weight excluding hydrogens is 294 g/mol. The minimum absolute atomic E-state index is 0.103. The molecule has 0 radical (unpaired) electrons. The van der Waals surface area contributed by atoms with Crippen LogP contribution >= 0.6 is 0 Å². The average molecular weight is 315 g/mol. The fourth-order valence-electron chi connectivity index (χ4n) is 3.22. The lowest BCUT2D eigenvalue weighted by Gasteiger charge is -2.35. The average Bonchev–Trinajstić information content (AvgIpc) is 2.60. The number of hydrogen-bond acceptors (Lipinski definition) is 4. The van der Waals surface area contributed by atoms with Gasteiger partial charge in [-0.3, -0.25) is 4.79 Å². The Morgan fingerprint density at radius 3 is 2.91 bits per heavy atom. The molecule has 0 bridgehead atoms. The molecule has 1 aromatic carbocycles. The first kappa shape index (κ1) is 15.6. The van der Waals surface area contributed by atoms with Crippen molar-refractivity contribution >= 4 is 16.9 Å². The summed E-state index contributed by atoms with van der Waals surface area (Å²) in [5.41, 5.74) is -0.0165. The van der Waals surface area contributed by atoms with Crippen LogP contribution in [0.4, 0.5) is 0 Å². The maximum absolute atomic E-state index is 12.8. The summed E-state index contributed by atoms with van der Waals surface area (Å²) >= 11 is 0. The zero-order valence-electron chi connectivity index (χ0n) is 13.5. The van der Waals surface area contributed by atoms with Crippen LogP contribution in [0.1, 0.15) is 43.0 Å². The van der Waals surface area contributed by atoms with Crippen molar-refractivity contribution in [2.75, 3.05) is 13.7 Å². The van der Waals surface area contributed by atoms with E-state index in [4.69, 9.17) is 9.15 Å². The molecule has 1 aliphatic rings. The monoisotopic (exact) mass is 315 g/mol. The highest BCUT2D eigenvalue weighted by Gasteiger charge is 2.28. The second-order valence-corrected chi connectivity index (χ2v) is 5.91. The first-order valence-corrected chi connectivity index (χ1v) is 8.07. The third kappa shape index (κ3) is 2.96. The molecule has 3 rings (SSSR count). The van der Waals surface area contributed by atoms with Gasteiger partial charge in [0.05, 0.1) is 7.11 Å². The number of nitrogens with zero attached hydrogens (tertiary/aromatic N) is 1. The third-order valence-electron chi connectivity index (χ3n) is 4.53. The maximum Gasteiger partial charge on any atom is 0.349 e. The van der Waals surface area contributed by atoms with Crippen LogP contribution < -0.4 is 10.4 Å². The Balaban J connectivity index is 2.02. The number of ether oxygens (including phenoxy) is 1. The highest BCUT2D eigenvalue weighted by Crippen LogP contribution is 2.24. The Hall–Kier alpha value is -2.30. The zero-order valence-corrected chi connectivity index (χ0v) is 13.5. The van der Waals surface area contributed by atoms with Gasteiger partial charge in [-0.15, -0.1) is 0 Å². The molecule has 2 heterocycles. The molecule has 1 aliphatic heterocycles. The minimum Gasteiger partial charge on any atom is -0.497 e. The fraction of sp³-hybridized carbons (Fsp3) is 0.444. The molecule has 1 atom stereocenters. The number of fused-ring (bicyclic) bond motifs is 1. The molecule has 0 saturated carbocycles. The summed E-state index contributed by atoms with van der Waals surface area (Å²) in [7, 11) is 1.58. The highest BCUT2D eigenvalue weighted by atomic mass is 16.5. The van der Waals surface area contributed by atoms with E-state index < -0.39 is 5.63 Å². The lowest BCUT2D eigenvalue weighted by molar-refractivity contribution is 0.0604. The summed E-state index contributed by atoms with van der Waals surface area (Å²) in [6.07, 6.45) is 4.01. The van der Waals surface area contributed by atoms with E-state index in [1.165, 1.54) is 0 Å². The molecule has 1 aromatic heterocycles. The number of likely N-dealkylation sites (tertiary alicyclic amines) is 1. The number of piperidine rings is 1. The predicted molar refractivity (Wildman–Crippen MR) is 88.0 cm³/mol. The summed E-state index contributed by atoms with van der Waals surface area (Å²) < 4.78 is 10.5. The van der Waals surface area contributed by atoms with E-state index in [0.717, 1.165) is 25.7 Å². The number of carbonyl (C=O) groups is 1. The molecule has 0 aliphatic carbocycles. The van der Waals surface area contributed by atoms with Crippen LogP contribution in [0.15, 0.2) is 33.5 Å². The maximum atomic E-state index is 12.8. The van der Waals surface area contributed by atoms with Gasteiger partial charge in [-0.05, 0) is 49.9 Å². The number of rotatable bonds is 3. The Morgan fingerprint density at radius 1 is 1.35 bits per heavy atom. The van der Waals surface area contributed by atoms with E-state index in [1.54, 1.807) is 31.4 Å². The van der Waals surface area contributed by atoms with Crippen LogP contribution in [0.3, 0.4) is 0 Å². The van der Waals surface area contributed by atoms with Crippen molar-refractivity contribution in [1.82, 2.24) is 4.90 Å². The van der Waals surface area contributed by atoms with E-state index >= 15 is 0 Å². The summed E-state index contributed by atoms with van der Waals surface area (Å²) in [4.78, 5) is 26.9. The highest BCUT2D eigenvalue weighted by molar-refractivity contribution is 5.97. The molecular formula is C18H21NO4. The molecule has 122 valence electrons. The Kier molecular flexibility index (Phi) is 4.37. The topological polar surface area (TPSA) is 59.8 Å². The van der Waals surface area contributed by atoms with Crippen molar-refractivity contribution in [3.05, 3.63) is 40.2 Å². The molecule has 5 nitrogen and oxygen atoms in total. The fourth-order valence-corrected chi connectivity index (χ4v) is 3.22. The number of amides is 1. The standard InChI is InChI=1S/C18H21NO4/c1-3-13-6-4-5-9-19(13)17(20)15-11-12-10-14(22-2)7-8-16(12)23-18(15)21/h7-8,10-11,13H,3-6,9H2,1-2H3. The number of carbonyl (C=O) groups excluding carboxylic acids is 1. The van der Waals surface area contributed by atoms with Crippen molar-refractivity contribution in [2.45, 2.75) is 38.6 Å².